The van der Waals surface area contributed by atoms with Crippen molar-refractivity contribution in [3.8, 4) is 0 Å². The summed E-state index contributed by atoms with van der Waals surface area (Å²) in [5.41, 5.74) is 4.91. The molecule has 0 bridgehead atoms. The lowest BCUT2D eigenvalue weighted by Gasteiger charge is -2.35. The highest BCUT2D eigenvalue weighted by Gasteiger charge is 2.23. The van der Waals surface area contributed by atoms with Gasteiger partial charge in [0.1, 0.15) is 5.82 Å². The van der Waals surface area contributed by atoms with Gasteiger partial charge in [-0.15, -0.1) is 0 Å². The van der Waals surface area contributed by atoms with E-state index in [4.69, 9.17) is 0 Å². The van der Waals surface area contributed by atoms with Crippen LogP contribution >= 0.6 is 0 Å². The second-order valence-corrected chi connectivity index (χ2v) is 4.64. The number of hydrogen-bond acceptors (Lipinski definition) is 3. The molecule has 1 aliphatic heterocycles. The standard InChI is InChI=1S/C14H17N3/c1-2-6-13-11-17(10-8-12(13)5-1)16-14-7-3-4-9-15-14/h1-4,6-7,9,12H,5,8,10-11H2,(H,15,16). The molecule has 1 aromatic heterocycles. The smallest absolute Gasteiger partial charge is 0.140 e. The minimum atomic E-state index is 0.766. The van der Waals surface area contributed by atoms with Gasteiger partial charge in [-0.1, -0.05) is 29.9 Å². The van der Waals surface area contributed by atoms with Crippen LogP contribution in [0.1, 0.15) is 12.8 Å². The fourth-order valence-corrected chi connectivity index (χ4v) is 2.50. The number of allylic oxidation sites excluding steroid dienone is 3. The molecule has 3 heteroatoms. The monoisotopic (exact) mass is 227 g/mol. The van der Waals surface area contributed by atoms with E-state index in [0.717, 1.165) is 24.8 Å². The summed E-state index contributed by atoms with van der Waals surface area (Å²) in [6.45, 7) is 2.10. The molecule has 1 unspecified atom stereocenters. The Morgan fingerprint density at radius 1 is 1.35 bits per heavy atom. The highest BCUT2D eigenvalue weighted by atomic mass is 15.5. The Morgan fingerprint density at radius 2 is 2.35 bits per heavy atom. The van der Waals surface area contributed by atoms with Gasteiger partial charge in [0, 0.05) is 19.3 Å². The summed E-state index contributed by atoms with van der Waals surface area (Å²) in [5.74, 6) is 1.69. The second-order valence-electron chi connectivity index (χ2n) is 4.64. The molecular formula is C14H17N3. The Balaban J connectivity index is 1.66. The SMILES string of the molecule is C1=CCC2CCN(Nc3ccccn3)CC2=C1. The number of hydrazine groups is 1. The summed E-state index contributed by atoms with van der Waals surface area (Å²) in [4.78, 5) is 4.29. The Bertz CT molecular complexity index is 436. The van der Waals surface area contributed by atoms with Gasteiger partial charge >= 0.3 is 0 Å². The lowest BCUT2D eigenvalue weighted by molar-refractivity contribution is 0.273. The first-order valence-electron chi connectivity index (χ1n) is 6.20. The normalized spacial score (nSPS) is 24.0. The largest absolute Gasteiger partial charge is 0.303 e. The van der Waals surface area contributed by atoms with Crippen molar-refractivity contribution < 1.29 is 0 Å². The first-order valence-corrected chi connectivity index (χ1v) is 6.20. The molecule has 2 heterocycles. The van der Waals surface area contributed by atoms with E-state index in [2.05, 4.69) is 33.6 Å². The molecule has 17 heavy (non-hydrogen) atoms. The fourth-order valence-electron chi connectivity index (χ4n) is 2.50. The number of anilines is 1. The van der Waals surface area contributed by atoms with Gasteiger partial charge < -0.3 is 5.43 Å². The Morgan fingerprint density at radius 3 is 3.24 bits per heavy atom. The van der Waals surface area contributed by atoms with Crippen LogP contribution in [-0.4, -0.2) is 23.1 Å². The van der Waals surface area contributed by atoms with Crippen LogP contribution in [0.5, 0.6) is 0 Å². The average Bonchev–Trinajstić information content (AvgIpc) is 2.40. The molecule has 1 atom stereocenters. The predicted molar refractivity (Wildman–Crippen MR) is 69.4 cm³/mol. The van der Waals surface area contributed by atoms with Crippen LogP contribution < -0.4 is 5.43 Å². The molecule has 1 aliphatic carbocycles. The van der Waals surface area contributed by atoms with Crippen molar-refractivity contribution in [1.29, 1.82) is 0 Å². The van der Waals surface area contributed by atoms with Crippen molar-refractivity contribution in [2.45, 2.75) is 12.8 Å². The van der Waals surface area contributed by atoms with Crippen LogP contribution in [-0.2, 0) is 0 Å². The number of fused-ring (bicyclic) bond motifs is 1. The summed E-state index contributed by atoms with van der Waals surface area (Å²) >= 11 is 0. The van der Waals surface area contributed by atoms with Crippen LogP contribution in [0.3, 0.4) is 0 Å². The first kappa shape index (κ1) is 10.5. The highest BCUT2D eigenvalue weighted by molar-refractivity contribution is 5.33. The minimum absolute atomic E-state index is 0.766. The summed E-state index contributed by atoms with van der Waals surface area (Å²) in [6, 6.07) is 5.94. The van der Waals surface area contributed by atoms with Gasteiger partial charge in [-0.25, -0.2) is 9.99 Å². The maximum absolute atomic E-state index is 4.29. The number of nitrogens with one attached hydrogen (secondary N) is 1. The molecule has 3 rings (SSSR count). The maximum atomic E-state index is 4.29. The number of rotatable bonds is 2. The molecule has 2 aliphatic rings. The third-order valence-electron chi connectivity index (χ3n) is 3.45. The van der Waals surface area contributed by atoms with Gasteiger partial charge in [0.15, 0.2) is 0 Å². The molecule has 0 aromatic carbocycles. The third kappa shape index (κ3) is 2.39. The van der Waals surface area contributed by atoms with Gasteiger partial charge in [-0.05, 0) is 30.9 Å². The minimum Gasteiger partial charge on any atom is -0.303 e. The van der Waals surface area contributed by atoms with E-state index in [0.29, 0.717) is 0 Å². The number of hydrogen-bond donors (Lipinski definition) is 1. The van der Waals surface area contributed by atoms with Crippen LogP contribution in [0.15, 0.2) is 48.2 Å². The van der Waals surface area contributed by atoms with E-state index in [9.17, 15) is 0 Å². The Hall–Kier alpha value is -1.61. The van der Waals surface area contributed by atoms with Gasteiger partial charge in [-0.3, -0.25) is 0 Å². The molecule has 1 saturated heterocycles. The van der Waals surface area contributed by atoms with E-state index in [1.54, 1.807) is 5.57 Å². The third-order valence-corrected chi connectivity index (χ3v) is 3.45. The Kier molecular flexibility index (Phi) is 2.92. The predicted octanol–water partition coefficient (Wildman–Crippen LogP) is 2.62. The average molecular weight is 227 g/mol. The molecule has 3 nitrogen and oxygen atoms in total. The van der Waals surface area contributed by atoms with Crippen LogP contribution in [0.4, 0.5) is 5.82 Å². The molecule has 1 N–H and O–H groups in total. The van der Waals surface area contributed by atoms with Crippen molar-refractivity contribution >= 4 is 5.82 Å². The van der Waals surface area contributed by atoms with Gasteiger partial charge in [-0.2, -0.15) is 0 Å². The van der Waals surface area contributed by atoms with Crippen molar-refractivity contribution in [1.82, 2.24) is 9.99 Å². The molecule has 0 radical (unpaired) electrons. The van der Waals surface area contributed by atoms with Crippen molar-refractivity contribution in [2.24, 2.45) is 5.92 Å². The van der Waals surface area contributed by atoms with Gasteiger partial charge in [0.25, 0.3) is 0 Å². The van der Waals surface area contributed by atoms with E-state index in [1.807, 2.05) is 24.4 Å². The fraction of sp³-hybridized carbons (Fsp3) is 0.357. The molecule has 1 aromatic rings. The second kappa shape index (κ2) is 4.72. The molecule has 0 spiro atoms. The summed E-state index contributed by atoms with van der Waals surface area (Å²) < 4.78 is 0. The quantitative estimate of drug-likeness (QED) is 0.841. The number of aromatic nitrogens is 1. The summed E-state index contributed by atoms with van der Waals surface area (Å²) in [7, 11) is 0. The molecule has 88 valence electrons. The van der Waals surface area contributed by atoms with E-state index in [-0.39, 0.29) is 0 Å². The topological polar surface area (TPSA) is 28.2 Å². The number of nitrogens with zero attached hydrogens (tertiary/aromatic N) is 2. The van der Waals surface area contributed by atoms with Crippen molar-refractivity contribution in [3.05, 3.63) is 48.2 Å². The summed E-state index contributed by atoms with van der Waals surface area (Å²) in [5, 5.41) is 2.25. The van der Waals surface area contributed by atoms with Crippen LogP contribution in [0.2, 0.25) is 0 Å². The Labute approximate surface area is 102 Å². The first-order chi connectivity index (χ1) is 8.42. The zero-order chi connectivity index (χ0) is 11.5. The zero-order valence-corrected chi connectivity index (χ0v) is 9.84. The summed E-state index contributed by atoms with van der Waals surface area (Å²) in [6.07, 6.45) is 11.0. The number of piperidine rings is 1. The molecule has 0 amide bonds. The number of pyridine rings is 1. The van der Waals surface area contributed by atoms with E-state index < -0.39 is 0 Å². The van der Waals surface area contributed by atoms with Crippen LogP contribution in [0, 0.1) is 5.92 Å². The van der Waals surface area contributed by atoms with E-state index >= 15 is 0 Å². The molecule has 0 saturated carbocycles. The molecular weight excluding hydrogens is 210 g/mol. The maximum Gasteiger partial charge on any atom is 0.140 e. The lowest BCUT2D eigenvalue weighted by Crippen LogP contribution is -2.39. The van der Waals surface area contributed by atoms with Crippen molar-refractivity contribution in [3.63, 3.8) is 0 Å². The van der Waals surface area contributed by atoms with E-state index in [1.165, 1.54) is 12.8 Å². The van der Waals surface area contributed by atoms with Crippen LogP contribution in [0.25, 0.3) is 0 Å². The zero-order valence-electron chi connectivity index (χ0n) is 9.84. The highest BCUT2D eigenvalue weighted by Crippen LogP contribution is 2.28. The van der Waals surface area contributed by atoms with Gasteiger partial charge in [0.2, 0.25) is 0 Å². The molecule has 1 fully saturated rings. The lowest BCUT2D eigenvalue weighted by atomic mass is 9.86. The van der Waals surface area contributed by atoms with Crippen molar-refractivity contribution in [2.75, 3.05) is 18.5 Å². The van der Waals surface area contributed by atoms with Gasteiger partial charge in [0.05, 0.1) is 0 Å².